The van der Waals surface area contributed by atoms with Crippen molar-refractivity contribution < 1.29 is 19.1 Å². The number of nitrogens with zero attached hydrogens (tertiary/aromatic N) is 3. The number of hydrogen-bond donors (Lipinski definition) is 0. The molecule has 1 aromatic heterocycles. The molecule has 7 heteroatoms. The third kappa shape index (κ3) is 3.96. The standard InChI is InChI=1S/C12H13N3O4/c1-18-11(16)7-15(8-12(17)19-2)10-4-3-5-14-9(10)6-13/h3-5H,7-8H2,1-2H3. The Morgan fingerprint density at radius 2 is 1.89 bits per heavy atom. The van der Waals surface area contributed by atoms with Gasteiger partial charge in [0.05, 0.1) is 19.9 Å². The number of carbonyl (C=O) groups is 2. The molecule has 0 aliphatic carbocycles. The summed E-state index contributed by atoms with van der Waals surface area (Å²) in [5.41, 5.74) is 0.496. The van der Waals surface area contributed by atoms with Gasteiger partial charge >= 0.3 is 11.9 Å². The largest absolute Gasteiger partial charge is 0.468 e. The molecule has 1 rings (SSSR count). The Balaban J connectivity index is 3.04. The number of rotatable bonds is 5. The first kappa shape index (κ1) is 14.4. The highest BCUT2D eigenvalue weighted by atomic mass is 16.5. The number of esters is 2. The Morgan fingerprint density at radius 1 is 1.32 bits per heavy atom. The van der Waals surface area contributed by atoms with Gasteiger partial charge in [-0.05, 0) is 12.1 Å². The van der Waals surface area contributed by atoms with Crippen molar-refractivity contribution in [2.75, 3.05) is 32.2 Å². The maximum absolute atomic E-state index is 11.3. The first-order valence-electron chi connectivity index (χ1n) is 5.36. The molecule has 0 fully saturated rings. The van der Waals surface area contributed by atoms with Gasteiger partial charge in [-0.3, -0.25) is 9.59 Å². The molecule has 1 aromatic rings. The number of anilines is 1. The minimum Gasteiger partial charge on any atom is -0.468 e. The van der Waals surface area contributed by atoms with Gasteiger partial charge < -0.3 is 14.4 Å². The second-order valence-corrected chi connectivity index (χ2v) is 3.49. The van der Waals surface area contributed by atoms with Crippen LogP contribution in [0.15, 0.2) is 18.3 Å². The average molecular weight is 263 g/mol. The van der Waals surface area contributed by atoms with Crippen molar-refractivity contribution in [3.05, 3.63) is 24.0 Å². The van der Waals surface area contributed by atoms with E-state index in [2.05, 4.69) is 14.5 Å². The molecule has 0 unspecified atom stereocenters. The summed E-state index contributed by atoms with van der Waals surface area (Å²) in [6.07, 6.45) is 1.45. The van der Waals surface area contributed by atoms with Crippen LogP contribution in [0.1, 0.15) is 5.69 Å². The molecule has 0 N–H and O–H groups in total. The average Bonchev–Trinajstić information content (AvgIpc) is 2.46. The molecule has 0 saturated heterocycles. The molecular weight excluding hydrogens is 250 g/mol. The predicted octanol–water partition coefficient (Wildman–Crippen LogP) is 0.106. The second kappa shape index (κ2) is 6.96. The van der Waals surface area contributed by atoms with Gasteiger partial charge in [0.1, 0.15) is 19.2 Å². The van der Waals surface area contributed by atoms with E-state index in [0.717, 1.165) is 0 Å². The summed E-state index contributed by atoms with van der Waals surface area (Å²) in [4.78, 5) is 27.9. The molecule has 0 radical (unpaired) electrons. The zero-order valence-corrected chi connectivity index (χ0v) is 10.6. The third-order valence-corrected chi connectivity index (χ3v) is 2.33. The number of methoxy groups -OCH3 is 2. The topological polar surface area (TPSA) is 92.5 Å². The normalized spacial score (nSPS) is 9.32. The molecule has 0 atom stereocenters. The first-order chi connectivity index (χ1) is 9.12. The summed E-state index contributed by atoms with van der Waals surface area (Å²) in [6.45, 7) is -0.349. The van der Waals surface area contributed by atoms with Gasteiger partial charge in [-0.1, -0.05) is 0 Å². The SMILES string of the molecule is COC(=O)CN(CC(=O)OC)c1cccnc1C#N. The lowest BCUT2D eigenvalue weighted by atomic mass is 10.2. The second-order valence-electron chi connectivity index (χ2n) is 3.49. The van der Waals surface area contributed by atoms with Gasteiger partial charge in [0, 0.05) is 6.20 Å². The lowest BCUT2D eigenvalue weighted by molar-refractivity contribution is -0.140. The van der Waals surface area contributed by atoms with Gasteiger partial charge in [0.2, 0.25) is 0 Å². The van der Waals surface area contributed by atoms with Crippen molar-refractivity contribution in [2.24, 2.45) is 0 Å². The third-order valence-electron chi connectivity index (χ3n) is 2.33. The first-order valence-corrected chi connectivity index (χ1v) is 5.36. The zero-order valence-electron chi connectivity index (χ0n) is 10.6. The quantitative estimate of drug-likeness (QED) is 0.696. The fraction of sp³-hybridized carbons (Fsp3) is 0.333. The minimum atomic E-state index is -0.531. The van der Waals surface area contributed by atoms with Crippen LogP contribution in [0, 0.1) is 11.3 Å². The van der Waals surface area contributed by atoms with Crippen LogP contribution in [-0.2, 0) is 19.1 Å². The molecule has 1 heterocycles. The van der Waals surface area contributed by atoms with Gasteiger partial charge in [0.25, 0.3) is 0 Å². The lowest BCUT2D eigenvalue weighted by Gasteiger charge is -2.22. The predicted molar refractivity (Wildman–Crippen MR) is 65.2 cm³/mol. The van der Waals surface area contributed by atoms with Gasteiger partial charge in [0.15, 0.2) is 5.69 Å². The monoisotopic (exact) mass is 263 g/mol. The van der Waals surface area contributed by atoms with E-state index in [1.54, 1.807) is 12.1 Å². The molecule has 7 nitrogen and oxygen atoms in total. The molecule has 0 aliphatic heterocycles. The molecule has 0 amide bonds. The van der Waals surface area contributed by atoms with Crippen molar-refractivity contribution in [3.63, 3.8) is 0 Å². The Bertz CT molecular complexity index is 492. The fourth-order valence-corrected chi connectivity index (χ4v) is 1.41. The van der Waals surface area contributed by atoms with Crippen molar-refractivity contribution >= 4 is 17.6 Å². The van der Waals surface area contributed by atoms with Crippen LogP contribution in [0.3, 0.4) is 0 Å². The van der Waals surface area contributed by atoms with E-state index in [4.69, 9.17) is 5.26 Å². The van der Waals surface area contributed by atoms with Crippen molar-refractivity contribution in [1.82, 2.24) is 4.98 Å². The maximum atomic E-state index is 11.3. The smallest absolute Gasteiger partial charge is 0.325 e. The van der Waals surface area contributed by atoms with Crippen molar-refractivity contribution in [3.8, 4) is 6.07 Å². The van der Waals surface area contributed by atoms with E-state index in [9.17, 15) is 9.59 Å². The number of nitriles is 1. The molecule has 100 valence electrons. The maximum Gasteiger partial charge on any atom is 0.325 e. The van der Waals surface area contributed by atoms with Crippen LogP contribution >= 0.6 is 0 Å². The van der Waals surface area contributed by atoms with E-state index in [-0.39, 0.29) is 18.8 Å². The van der Waals surface area contributed by atoms with E-state index < -0.39 is 11.9 Å². The van der Waals surface area contributed by atoms with Crippen LogP contribution in [-0.4, -0.2) is 44.2 Å². The summed E-state index contributed by atoms with van der Waals surface area (Å²) < 4.78 is 9.11. The van der Waals surface area contributed by atoms with E-state index in [1.165, 1.54) is 25.3 Å². The highest BCUT2D eigenvalue weighted by Crippen LogP contribution is 2.17. The Labute approximate surface area is 110 Å². The summed E-state index contributed by atoms with van der Waals surface area (Å²) >= 11 is 0. The van der Waals surface area contributed by atoms with Crippen LogP contribution in [0.2, 0.25) is 0 Å². The molecule has 0 spiro atoms. The Kier molecular flexibility index (Phi) is 5.29. The summed E-state index contributed by atoms with van der Waals surface area (Å²) in [7, 11) is 2.49. The van der Waals surface area contributed by atoms with Gasteiger partial charge in [-0.2, -0.15) is 5.26 Å². The van der Waals surface area contributed by atoms with Gasteiger partial charge in [-0.25, -0.2) is 4.98 Å². The van der Waals surface area contributed by atoms with Crippen molar-refractivity contribution in [2.45, 2.75) is 0 Å². The summed E-state index contributed by atoms with van der Waals surface area (Å²) in [5, 5.41) is 8.98. The lowest BCUT2D eigenvalue weighted by Crippen LogP contribution is -2.36. The van der Waals surface area contributed by atoms with E-state index in [0.29, 0.717) is 5.69 Å². The van der Waals surface area contributed by atoms with E-state index in [1.807, 2.05) is 6.07 Å². The number of aromatic nitrogens is 1. The highest BCUT2D eigenvalue weighted by molar-refractivity contribution is 5.82. The Morgan fingerprint density at radius 3 is 2.37 bits per heavy atom. The minimum absolute atomic E-state index is 0.121. The zero-order chi connectivity index (χ0) is 14.3. The number of pyridine rings is 1. The van der Waals surface area contributed by atoms with Crippen LogP contribution in [0.25, 0.3) is 0 Å². The summed E-state index contributed by atoms with van der Waals surface area (Å²) in [6, 6.07) is 5.11. The van der Waals surface area contributed by atoms with Crippen LogP contribution in [0.4, 0.5) is 5.69 Å². The highest BCUT2D eigenvalue weighted by Gasteiger charge is 2.19. The fourth-order valence-electron chi connectivity index (χ4n) is 1.41. The number of ether oxygens (including phenoxy) is 2. The molecular formula is C12H13N3O4. The molecule has 19 heavy (non-hydrogen) atoms. The Hall–Kier alpha value is -2.62. The molecule has 0 aliphatic rings. The van der Waals surface area contributed by atoms with Gasteiger partial charge in [-0.15, -0.1) is 0 Å². The van der Waals surface area contributed by atoms with Crippen molar-refractivity contribution in [1.29, 1.82) is 5.26 Å². The summed E-state index contributed by atoms with van der Waals surface area (Å²) in [5.74, 6) is -1.06. The number of carbonyl (C=O) groups excluding carboxylic acids is 2. The molecule has 0 aromatic carbocycles. The van der Waals surface area contributed by atoms with Crippen LogP contribution in [0.5, 0.6) is 0 Å². The number of hydrogen-bond acceptors (Lipinski definition) is 7. The van der Waals surface area contributed by atoms with Crippen LogP contribution < -0.4 is 4.90 Å². The van der Waals surface area contributed by atoms with E-state index >= 15 is 0 Å². The molecule has 0 saturated carbocycles. The molecule has 0 bridgehead atoms.